The summed E-state index contributed by atoms with van der Waals surface area (Å²) in [5, 5.41) is 3.23. The van der Waals surface area contributed by atoms with Gasteiger partial charge in [-0.15, -0.1) is 0 Å². The fourth-order valence-corrected chi connectivity index (χ4v) is 2.70. The monoisotopic (exact) mass is 282 g/mol. The molecule has 0 atom stereocenters. The van der Waals surface area contributed by atoms with Crippen LogP contribution in [0, 0.1) is 0 Å². The van der Waals surface area contributed by atoms with Crippen molar-refractivity contribution in [2.45, 2.75) is 44.7 Å². The Balaban J connectivity index is 2.37. The van der Waals surface area contributed by atoms with Crippen molar-refractivity contribution in [2.24, 2.45) is 0 Å². The van der Waals surface area contributed by atoms with E-state index in [0.717, 1.165) is 25.7 Å². The van der Waals surface area contributed by atoms with Gasteiger partial charge < -0.3 is 15.8 Å². The number of hydrogen-bond acceptors (Lipinski definition) is 5. The third-order valence-corrected chi connectivity index (χ3v) is 3.89. The van der Waals surface area contributed by atoms with Crippen LogP contribution in [-0.2, 0) is 11.3 Å². The van der Waals surface area contributed by atoms with Crippen molar-refractivity contribution in [1.29, 1.82) is 0 Å². The lowest BCUT2D eigenvalue weighted by Crippen LogP contribution is -2.39. The number of ether oxygens (including phenoxy) is 1. The quantitative estimate of drug-likeness (QED) is 0.730. The van der Waals surface area contributed by atoms with Crippen molar-refractivity contribution >= 4 is 11.5 Å². The van der Waals surface area contributed by atoms with Crippen LogP contribution in [0.15, 0.2) is 9.59 Å². The lowest BCUT2D eigenvalue weighted by Gasteiger charge is -2.27. The van der Waals surface area contributed by atoms with Gasteiger partial charge in [0.15, 0.2) is 0 Å². The Hall–Kier alpha value is -1.76. The highest BCUT2D eigenvalue weighted by atomic mass is 16.5. The molecule has 0 unspecified atom stereocenters. The van der Waals surface area contributed by atoms with Gasteiger partial charge in [-0.3, -0.25) is 14.3 Å². The lowest BCUT2D eigenvalue weighted by atomic mass is 10.0. The highest BCUT2D eigenvalue weighted by Gasteiger charge is 2.30. The molecule has 7 nitrogen and oxygen atoms in total. The SMILES string of the molecule is COCCn1c(N)c(NC2(C)CCCC2)c(=O)[nH]c1=O. The number of nitrogen functional groups attached to an aromatic ring is 1. The van der Waals surface area contributed by atoms with E-state index < -0.39 is 11.2 Å². The molecular formula is C13H22N4O3. The molecule has 1 fully saturated rings. The second-order valence-electron chi connectivity index (χ2n) is 5.56. The maximum absolute atomic E-state index is 12.0. The molecule has 0 aromatic carbocycles. The fourth-order valence-electron chi connectivity index (χ4n) is 2.70. The summed E-state index contributed by atoms with van der Waals surface area (Å²) < 4.78 is 6.28. The molecule has 1 aromatic heterocycles. The lowest BCUT2D eigenvalue weighted by molar-refractivity contribution is 0.186. The molecule has 0 aliphatic heterocycles. The van der Waals surface area contributed by atoms with Crippen molar-refractivity contribution in [3.8, 4) is 0 Å². The standard InChI is InChI=1S/C13H22N4O3/c1-13(5-3-4-6-13)16-9-10(14)17(7-8-20-2)12(19)15-11(9)18/h16H,3-8,14H2,1-2H3,(H,15,18,19). The number of methoxy groups -OCH3 is 1. The summed E-state index contributed by atoms with van der Waals surface area (Å²) in [6, 6.07) is 0. The first-order valence-electron chi connectivity index (χ1n) is 6.86. The first kappa shape index (κ1) is 14.6. The van der Waals surface area contributed by atoms with E-state index in [0.29, 0.717) is 13.2 Å². The molecule has 1 heterocycles. The maximum atomic E-state index is 12.0. The molecule has 20 heavy (non-hydrogen) atoms. The van der Waals surface area contributed by atoms with Crippen molar-refractivity contribution < 1.29 is 4.74 Å². The molecule has 1 aliphatic carbocycles. The number of H-pyrrole nitrogens is 1. The molecule has 0 bridgehead atoms. The topological polar surface area (TPSA) is 102 Å². The van der Waals surface area contributed by atoms with Crippen molar-refractivity contribution in [3.05, 3.63) is 20.8 Å². The number of hydrogen-bond donors (Lipinski definition) is 3. The number of rotatable bonds is 5. The maximum Gasteiger partial charge on any atom is 0.330 e. The second-order valence-corrected chi connectivity index (χ2v) is 5.56. The van der Waals surface area contributed by atoms with Crippen LogP contribution in [0.4, 0.5) is 11.5 Å². The molecule has 0 radical (unpaired) electrons. The zero-order valence-corrected chi connectivity index (χ0v) is 12.0. The molecule has 2 rings (SSSR count). The van der Waals surface area contributed by atoms with Gasteiger partial charge in [0.05, 0.1) is 13.2 Å². The van der Waals surface area contributed by atoms with Gasteiger partial charge in [0.2, 0.25) is 0 Å². The van der Waals surface area contributed by atoms with Crippen LogP contribution in [0.1, 0.15) is 32.6 Å². The molecule has 1 aromatic rings. The summed E-state index contributed by atoms with van der Waals surface area (Å²) in [6.45, 7) is 2.74. The first-order chi connectivity index (χ1) is 9.47. The Morgan fingerprint density at radius 2 is 2.05 bits per heavy atom. The number of nitrogens with two attached hydrogens (primary N) is 1. The smallest absolute Gasteiger partial charge is 0.330 e. The second kappa shape index (κ2) is 5.70. The number of aromatic amines is 1. The summed E-state index contributed by atoms with van der Waals surface area (Å²) in [4.78, 5) is 26.1. The van der Waals surface area contributed by atoms with E-state index in [2.05, 4.69) is 17.2 Å². The normalized spacial score (nSPS) is 17.3. The molecule has 1 saturated carbocycles. The number of anilines is 2. The van der Waals surface area contributed by atoms with Gasteiger partial charge in [0.1, 0.15) is 11.5 Å². The summed E-state index contributed by atoms with van der Waals surface area (Å²) in [5.41, 5.74) is 5.16. The average molecular weight is 282 g/mol. The van der Waals surface area contributed by atoms with E-state index in [-0.39, 0.29) is 17.0 Å². The minimum atomic E-state index is -0.508. The fraction of sp³-hybridized carbons (Fsp3) is 0.692. The molecule has 7 heteroatoms. The van der Waals surface area contributed by atoms with Gasteiger partial charge >= 0.3 is 5.69 Å². The van der Waals surface area contributed by atoms with E-state index in [9.17, 15) is 9.59 Å². The Morgan fingerprint density at radius 1 is 1.40 bits per heavy atom. The Bertz CT molecular complexity index is 584. The van der Waals surface area contributed by atoms with Crippen LogP contribution in [0.5, 0.6) is 0 Å². The van der Waals surface area contributed by atoms with Gasteiger partial charge in [0.25, 0.3) is 5.56 Å². The minimum Gasteiger partial charge on any atom is -0.383 e. The summed E-state index contributed by atoms with van der Waals surface area (Å²) >= 11 is 0. The summed E-state index contributed by atoms with van der Waals surface area (Å²) in [5.74, 6) is 0.170. The van der Waals surface area contributed by atoms with Crippen molar-refractivity contribution in [2.75, 3.05) is 24.8 Å². The van der Waals surface area contributed by atoms with E-state index in [1.807, 2.05) is 0 Å². The van der Waals surface area contributed by atoms with Crippen LogP contribution < -0.4 is 22.3 Å². The van der Waals surface area contributed by atoms with E-state index in [1.165, 1.54) is 4.57 Å². The van der Waals surface area contributed by atoms with Crippen LogP contribution in [0.3, 0.4) is 0 Å². The van der Waals surface area contributed by atoms with E-state index in [4.69, 9.17) is 10.5 Å². The van der Waals surface area contributed by atoms with Crippen LogP contribution >= 0.6 is 0 Å². The molecule has 0 spiro atoms. The molecule has 0 saturated heterocycles. The van der Waals surface area contributed by atoms with Gasteiger partial charge in [-0.05, 0) is 19.8 Å². The Kier molecular flexibility index (Phi) is 4.17. The molecule has 112 valence electrons. The molecule has 0 amide bonds. The number of nitrogens with one attached hydrogen (secondary N) is 2. The van der Waals surface area contributed by atoms with Gasteiger partial charge in [-0.1, -0.05) is 12.8 Å². The Labute approximate surface area is 117 Å². The first-order valence-corrected chi connectivity index (χ1v) is 6.86. The molecule has 1 aliphatic rings. The van der Waals surface area contributed by atoms with Gasteiger partial charge in [0, 0.05) is 12.6 Å². The zero-order valence-electron chi connectivity index (χ0n) is 12.0. The highest BCUT2D eigenvalue weighted by Crippen LogP contribution is 2.32. The van der Waals surface area contributed by atoms with E-state index >= 15 is 0 Å². The van der Waals surface area contributed by atoms with Crippen LogP contribution in [0.2, 0.25) is 0 Å². The number of nitrogens with zero attached hydrogens (tertiary/aromatic N) is 1. The molecular weight excluding hydrogens is 260 g/mol. The minimum absolute atomic E-state index is 0.134. The third kappa shape index (κ3) is 2.87. The Morgan fingerprint density at radius 3 is 2.65 bits per heavy atom. The van der Waals surface area contributed by atoms with Crippen LogP contribution in [0.25, 0.3) is 0 Å². The van der Waals surface area contributed by atoms with Gasteiger partial charge in [-0.2, -0.15) is 0 Å². The summed E-state index contributed by atoms with van der Waals surface area (Å²) in [6.07, 6.45) is 4.24. The predicted molar refractivity (Wildman–Crippen MR) is 78.1 cm³/mol. The summed E-state index contributed by atoms with van der Waals surface area (Å²) in [7, 11) is 1.55. The van der Waals surface area contributed by atoms with E-state index in [1.54, 1.807) is 7.11 Å². The number of aromatic nitrogens is 2. The largest absolute Gasteiger partial charge is 0.383 e. The van der Waals surface area contributed by atoms with Crippen LogP contribution in [-0.4, -0.2) is 28.8 Å². The third-order valence-electron chi connectivity index (χ3n) is 3.89. The molecule has 4 N–H and O–H groups in total. The predicted octanol–water partition coefficient (Wildman–Crippen LogP) is 0.510. The van der Waals surface area contributed by atoms with Gasteiger partial charge in [-0.25, -0.2) is 4.79 Å². The van der Waals surface area contributed by atoms with Crippen molar-refractivity contribution in [3.63, 3.8) is 0 Å². The average Bonchev–Trinajstić information content (AvgIpc) is 2.81. The highest BCUT2D eigenvalue weighted by molar-refractivity contribution is 5.61. The van der Waals surface area contributed by atoms with Crippen molar-refractivity contribution in [1.82, 2.24) is 9.55 Å². The zero-order chi connectivity index (χ0) is 14.8.